The topological polar surface area (TPSA) is 25.8 Å². The number of aromatic nitrogens is 2. The fourth-order valence-electron chi connectivity index (χ4n) is 0.326. The molecule has 1 aromatic heterocycles. The van der Waals surface area contributed by atoms with Gasteiger partial charge in [-0.15, -0.1) is 0 Å². The van der Waals surface area contributed by atoms with Gasteiger partial charge in [-0.3, -0.25) is 0 Å². The highest BCUT2D eigenvalue weighted by molar-refractivity contribution is 14.1. The first-order valence-corrected chi connectivity index (χ1v) is 4.19. The summed E-state index contributed by atoms with van der Waals surface area (Å²) in [4.78, 5) is 7.40. The second-order valence-corrected chi connectivity index (χ2v) is 3.26. The van der Waals surface area contributed by atoms with Crippen molar-refractivity contribution >= 4 is 45.2 Å². The minimum atomic E-state index is -0.365. The van der Waals surface area contributed by atoms with Crippen LogP contribution in [-0.2, 0) is 0 Å². The third-order valence-electron chi connectivity index (χ3n) is 0.672. The Bertz CT molecular complexity index is 228. The third-order valence-corrected chi connectivity index (χ3v) is 1.95. The van der Waals surface area contributed by atoms with E-state index in [9.17, 15) is 4.39 Å². The van der Waals surface area contributed by atoms with Crippen LogP contribution in [0.3, 0.4) is 0 Å². The predicted octanol–water partition coefficient (Wildman–Crippen LogP) is 1.82. The average Bonchev–Trinajstić information content (AvgIpc) is 1.80. The lowest BCUT2D eigenvalue weighted by molar-refractivity contribution is 0.601. The quantitative estimate of drug-likeness (QED) is 0.406. The molecule has 48 valence electrons. The fraction of sp³-hybridized carbons (Fsp3) is 0. The maximum atomic E-state index is 12.4. The van der Waals surface area contributed by atoms with Crippen LogP contribution < -0.4 is 0 Å². The van der Waals surface area contributed by atoms with Crippen molar-refractivity contribution in [2.75, 3.05) is 0 Å². The summed E-state index contributed by atoms with van der Waals surface area (Å²) in [5.74, 6) is -0.365. The first kappa shape index (κ1) is 7.58. The second-order valence-electron chi connectivity index (χ2n) is 1.28. The largest absolute Gasteiger partial charge is 0.228 e. The van der Waals surface area contributed by atoms with Gasteiger partial charge in [-0.05, 0) is 22.6 Å². The molecule has 2 nitrogen and oxygen atoms in total. The van der Waals surface area contributed by atoms with E-state index in [2.05, 4.69) is 9.97 Å². The highest BCUT2D eigenvalue weighted by Crippen LogP contribution is 2.06. The van der Waals surface area contributed by atoms with Crippen LogP contribution in [0, 0.1) is 13.3 Å². The third kappa shape index (κ3) is 1.95. The highest BCUT2D eigenvalue weighted by Gasteiger charge is 1.98. The van der Waals surface area contributed by atoms with E-state index in [0.717, 1.165) is 6.20 Å². The van der Waals surface area contributed by atoms with Crippen molar-refractivity contribution in [1.29, 1.82) is 0 Å². The monoisotopic (exact) mass is 350 g/mol. The standard InChI is InChI=1S/C4HFI2N2/c5-2-1-8-4(7)9-3(2)6/h1H. The molecule has 0 unspecified atom stereocenters. The van der Waals surface area contributed by atoms with Gasteiger partial charge in [0.2, 0.25) is 0 Å². The van der Waals surface area contributed by atoms with E-state index in [-0.39, 0.29) is 5.82 Å². The van der Waals surface area contributed by atoms with Crippen LogP contribution in [0.2, 0.25) is 0 Å². The molecule has 0 bridgehead atoms. The maximum absolute atomic E-state index is 12.4. The molecule has 5 heteroatoms. The highest BCUT2D eigenvalue weighted by atomic mass is 127. The minimum absolute atomic E-state index is 0.365. The van der Waals surface area contributed by atoms with Gasteiger partial charge in [0.05, 0.1) is 6.20 Å². The zero-order valence-corrected chi connectivity index (χ0v) is 8.42. The van der Waals surface area contributed by atoms with E-state index < -0.39 is 0 Å². The predicted molar refractivity (Wildman–Crippen MR) is 47.4 cm³/mol. The lowest BCUT2D eigenvalue weighted by atomic mass is 10.7. The minimum Gasteiger partial charge on any atom is -0.228 e. The summed E-state index contributed by atoms with van der Waals surface area (Å²) >= 11 is 3.75. The molecular formula is C4HFI2N2. The Labute approximate surface area is 78.6 Å². The van der Waals surface area contributed by atoms with E-state index >= 15 is 0 Å². The summed E-state index contributed by atoms with van der Waals surface area (Å²) in [5, 5.41) is 0. The molecule has 0 aliphatic carbocycles. The number of hydrogen-bond donors (Lipinski definition) is 0. The molecular weight excluding hydrogens is 349 g/mol. The molecule has 0 amide bonds. The van der Waals surface area contributed by atoms with Crippen LogP contribution >= 0.6 is 45.2 Å². The van der Waals surface area contributed by atoms with Crippen molar-refractivity contribution in [2.24, 2.45) is 0 Å². The van der Waals surface area contributed by atoms with Crippen LogP contribution in [0.1, 0.15) is 0 Å². The normalized spacial score (nSPS) is 9.67. The zero-order chi connectivity index (χ0) is 6.85. The van der Waals surface area contributed by atoms with E-state index in [4.69, 9.17) is 0 Å². The maximum Gasteiger partial charge on any atom is 0.191 e. The van der Waals surface area contributed by atoms with Gasteiger partial charge in [-0.1, -0.05) is 0 Å². The molecule has 1 aromatic rings. The average molecular weight is 350 g/mol. The first-order valence-electron chi connectivity index (χ1n) is 2.03. The Kier molecular flexibility index (Phi) is 2.56. The zero-order valence-electron chi connectivity index (χ0n) is 4.11. The molecule has 1 rings (SSSR count). The SMILES string of the molecule is Fc1cnc(I)nc1I. The Balaban J connectivity index is 3.17. The number of halogens is 3. The molecule has 0 N–H and O–H groups in total. The van der Waals surface area contributed by atoms with Gasteiger partial charge >= 0.3 is 0 Å². The molecule has 0 aromatic carbocycles. The Morgan fingerprint density at radius 1 is 1.44 bits per heavy atom. The molecule has 0 atom stereocenters. The summed E-state index contributed by atoms with van der Waals surface area (Å²) in [6, 6.07) is 0. The summed E-state index contributed by atoms with van der Waals surface area (Å²) in [7, 11) is 0. The summed E-state index contributed by atoms with van der Waals surface area (Å²) in [6.07, 6.45) is 1.16. The summed E-state index contributed by atoms with van der Waals surface area (Å²) < 4.78 is 13.3. The molecule has 0 saturated heterocycles. The van der Waals surface area contributed by atoms with Gasteiger partial charge in [-0.25, -0.2) is 14.4 Å². The van der Waals surface area contributed by atoms with E-state index in [1.807, 2.05) is 45.2 Å². The van der Waals surface area contributed by atoms with Gasteiger partial charge in [0.15, 0.2) is 9.65 Å². The molecule has 0 spiro atoms. The molecule has 0 fully saturated rings. The molecule has 0 aliphatic heterocycles. The van der Waals surface area contributed by atoms with Crippen LogP contribution in [0.5, 0.6) is 0 Å². The summed E-state index contributed by atoms with van der Waals surface area (Å²) in [5.41, 5.74) is 0. The van der Waals surface area contributed by atoms with Gasteiger partial charge in [0, 0.05) is 22.6 Å². The number of rotatable bonds is 0. The smallest absolute Gasteiger partial charge is 0.191 e. The molecule has 0 aliphatic rings. The van der Waals surface area contributed by atoms with Gasteiger partial charge in [0.1, 0.15) is 3.70 Å². The molecule has 0 radical (unpaired) electrons. The van der Waals surface area contributed by atoms with Crippen LogP contribution in [-0.4, -0.2) is 9.97 Å². The number of nitrogens with zero attached hydrogens (tertiary/aromatic N) is 2. The van der Waals surface area contributed by atoms with E-state index in [0.29, 0.717) is 7.53 Å². The lowest BCUT2D eigenvalue weighted by Crippen LogP contribution is -1.92. The van der Waals surface area contributed by atoms with E-state index in [1.165, 1.54) is 0 Å². The van der Waals surface area contributed by atoms with Gasteiger partial charge < -0.3 is 0 Å². The second kappa shape index (κ2) is 3.04. The molecule has 9 heavy (non-hydrogen) atoms. The van der Waals surface area contributed by atoms with Crippen molar-refractivity contribution in [1.82, 2.24) is 9.97 Å². The molecule has 1 heterocycles. The number of hydrogen-bond acceptors (Lipinski definition) is 2. The Hall–Kier alpha value is 0.470. The molecule has 0 saturated carbocycles. The van der Waals surface area contributed by atoms with Crippen LogP contribution in [0.25, 0.3) is 0 Å². The van der Waals surface area contributed by atoms with E-state index in [1.54, 1.807) is 0 Å². The van der Waals surface area contributed by atoms with Crippen molar-refractivity contribution in [2.45, 2.75) is 0 Å². The Morgan fingerprint density at radius 2 is 2.11 bits per heavy atom. The van der Waals surface area contributed by atoms with Gasteiger partial charge in [0.25, 0.3) is 0 Å². The lowest BCUT2D eigenvalue weighted by Gasteiger charge is -1.90. The van der Waals surface area contributed by atoms with Crippen molar-refractivity contribution < 1.29 is 4.39 Å². The Morgan fingerprint density at radius 3 is 2.56 bits per heavy atom. The first-order chi connectivity index (χ1) is 4.20. The van der Waals surface area contributed by atoms with Crippen molar-refractivity contribution in [3.8, 4) is 0 Å². The summed E-state index contributed by atoms with van der Waals surface area (Å²) in [6.45, 7) is 0. The van der Waals surface area contributed by atoms with Gasteiger partial charge in [-0.2, -0.15) is 0 Å². The van der Waals surface area contributed by atoms with Crippen LogP contribution in [0.15, 0.2) is 6.20 Å². The van der Waals surface area contributed by atoms with Crippen molar-refractivity contribution in [3.05, 3.63) is 19.5 Å². The fourth-order valence-corrected chi connectivity index (χ4v) is 1.54. The van der Waals surface area contributed by atoms with Crippen LogP contribution in [0.4, 0.5) is 4.39 Å². The van der Waals surface area contributed by atoms with Crippen molar-refractivity contribution in [3.63, 3.8) is 0 Å².